The summed E-state index contributed by atoms with van der Waals surface area (Å²) in [6.07, 6.45) is 4.76. The van der Waals surface area contributed by atoms with Crippen molar-refractivity contribution in [3.05, 3.63) is 24.3 Å². The average Bonchev–Trinajstić information content (AvgIpc) is 2.20. The number of hydrogen-bond acceptors (Lipinski definition) is 3. The Hall–Kier alpha value is -1.13. The SMILES string of the molecule is C=C(/C=C\C(C)OCCCCO)C(N)=O. The first-order chi connectivity index (χ1) is 7.07. The summed E-state index contributed by atoms with van der Waals surface area (Å²) in [6.45, 7) is 6.13. The van der Waals surface area contributed by atoms with Crippen molar-refractivity contribution in [2.75, 3.05) is 13.2 Å². The van der Waals surface area contributed by atoms with E-state index in [-0.39, 0.29) is 18.3 Å². The van der Waals surface area contributed by atoms with Gasteiger partial charge in [-0.3, -0.25) is 4.79 Å². The van der Waals surface area contributed by atoms with E-state index in [1.54, 1.807) is 12.2 Å². The smallest absolute Gasteiger partial charge is 0.248 e. The van der Waals surface area contributed by atoms with E-state index in [0.29, 0.717) is 6.61 Å². The number of aliphatic hydroxyl groups excluding tert-OH is 1. The number of primary amides is 1. The molecule has 3 N–H and O–H groups in total. The van der Waals surface area contributed by atoms with Gasteiger partial charge in [0.2, 0.25) is 5.91 Å². The molecule has 1 atom stereocenters. The molecule has 86 valence electrons. The topological polar surface area (TPSA) is 72.6 Å². The number of carbonyl (C=O) groups excluding carboxylic acids is 1. The summed E-state index contributed by atoms with van der Waals surface area (Å²) in [7, 11) is 0. The van der Waals surface area contributed by atoms with Crippen molar-refractivity contribution in [2.45, 2.75) is 25.9 Å². The molecule has 0 bridgehead atoms. The van der Waals surface area contributed by atoms with E-state index >= 15 is 0 Å². The van der Waals surface area contributed by atoms with Crippen LogP contribution in [0.15, 0.2) is 24.3 Å². The summed E-state index contributed by atoms with van der Waals surface area (Å²) in [4.78, 5) is 10.6. The third kappa shape index (κ3) is 7.90. The summed E-state index contributed by atoms with van der Waals surface area (Å²) in [5.41, 5.74) is 5.27. The standard InChI is InChI=1S/C11H19NO3/c1-9(11(12)14)5-6-10(2)15-8-4-3-7-13/h5-6,10,13H,1,3-4,7-8H2,2H3,(H2,12,14)/b6-5-. The summed E-state index contributed by atoms with van der Waals surface area (Å²) in [5.74, 6) is -0.529. The highest BCUT2D eigenvalue weighted by atomic mass is 16.5. The number of unbranched alkanes of at least 4 members (excludes halogenated alkanes) is 1. The Morgan fingerprint density at radius 2 is 2.27 bits per heavy atom. The van der Waals surface area contributed by atoms with Gasteiger partial charge in [-0.05, 0) is 19.8 Å². The molecular formula is C11H19NO3. The first kappa shape index (κ1) is 13.9. The summed E-state index contributed by atoms with van der Waals surface area (Å²) >= 11 is 0. The van der Waals surface area contributed by atoms with Gasteiger partial charge in [0, 0.05) is 18.8 Å². The minimum absolute atomic E-state index is 0.0835. The minimum atomic E-state index is -0.529. The third-order valence-corrected chi connectivity index (χ3v) is 1.82. The van der Waals surface area contributed by atoms with E-state index in [9.17, 15) is 4.79 Å². The van der Waals surface area contributed by atoms with Crippen molar-refractivity contribution in [1.29, 1.82) is 0 Å². The normalized spacial score (nSPS) is 12.9. The van der Waals surface area contributed by atoms with E-state index < -0.39 is 5.91 Å². The van der Waals surface area contributed by atoms with Crippen LogP contribution in [0, 0.1) is 0 Å². The molecule has 1 amide bonds. The van der Waals surface area contributed by atoms with E-state index in [1.165, 1.54) is 0 Å². The molecule has 0 heterocycles. The zero-order valence-electron chi connectivity index (χ0n) is 9.11. The number of hydrogen-bond donors (Lipinski definition) is 2. The maximum Gasteiger partial charge on any atom is 0.248 e. The molecule has 0 aromatic rings. The van der Waals surface area contributed by atoms with Gasteiger partial charge in [-0.25, -0.2) is 0 Å². The first-order valence-electron chi connectivity index (χ1n) is 4.97. The Labute approximate surface area is 90.4 Å². The summed E-state index contributed by atoms with van der Waals surface area (Å²) < 4.78 is 5.38. The summed E-state index contributed by atoms with van der Waals surface area (Å²) in [5, 5.41) is 8.54. The average molecular weight is 213 g/mol. The molecule has 0 saturated carbocycles. The number of rotatable bonds is 8. The first-order valence-corrected chi connectivity index (χ1v) is 4.97. The number of ether oxygens (including phenoxy) is 1. The van der Waals surface area contributed by atoms with E-state index in [4.69, 9.17) is 15.6 Å². The van der Waals surface area contributed by atoms with Crippen LogP contribution in [0.2, 0.25) is 0 Å². The number of aliphatic hydroxyl groups is 1. The number of amides is 1. The Morgan fingerprint density at radius 1 is 1.60 bits per heavy atom. The van der Waals surface area contributed by atoms with E-state index in [0.717, 1.165) is 12.8 Å². The van der Waals surface area contributed by atoms with Crippen LogP contribution in [0.5, 0.6) is 0 Å². The lowest BCUT2D eigenvalue weighted by molar-refractivity contribution is -0.114. The monoisotopic (exact) mass is 213 g/mol. The summed E-state index contributed by atoms with van der Waals surface area (Å²) in [6, 6.07) is 0. The number of carbonyl (C=O) groups is 1. The van der Waals surface area contributed by atoms with Gasteiger partial charge >= 0.3 is 0 Å². The van der Waals surface area contributed by atoms with Crippen molar-refractivity contribution in [2.24, 2.45) is 5.73 Å². The van der Waals surface area contributed by atoms with Crippen LogP contribution in [0.1, 0.15) is 19.8 Å². The molecule has 1 unspecified atom stereocenters. The van der Waals surface area contributed by atoms with Crippen LogP contribution in [0.4, 0.5) is 0 Å². The second kappa shape index (κ2) is 8.20. The van der Waals surface area contributed by atoms with Crippen molar-refractivity contribution < 1.29 is 14.6 Å². The maximum atomic E-state index is 10.6. The fourth-order valence-corrected chi connectivity index (χ4v) is 0.872. The minimum Gasteiger partial charge on any atom is -0.396 e. The van der Waals surface area contributed by atoms with Crippen LogP contribution in [-0.2, 0) is 9.53 Å². The highest BCUT2D eigenvalue weighted by molar-refractivity contribution is 5.94. The van der Waals surface area contributed by atoms with Crippen LogP contribution in [0.3, 0.4) is 0 Å². The van der Waals surface area contributed by atoms with Crippen molar-refractivity contribution in [1.82, 2.24) is 0 Å². The highest BCUT2D eigenvalue weighted by Crippen LogP contribution is 1.99. The van der Waals surface area contributed by atoms with E-state index in [2.05, 4.69) is 6.58 Å². The molecule has 0 aromatic heterocycles. The molecule has 0 aromatic carbocycles. The zero-order valence-corrected chi connectivity index (χ0v) is 9.11. The molecule has 0 radical (unpaired) electrons. The lowest BCUT2D eigenvalue weighted by Gasteiger charge is -2.07. The second-order valence-electron chi connectivity index (χ2n) is 3.26. The van der Waals surface area contributed by atoms with Gasteiger partial charge in [-0.2, -0.15) is 0 Å². The lowest BCUT2D eigenvalue weighted by atomic mass is 10.2. The largest absolute Gasteiger partial charge is 0.396 e. The third-order valence-electron chi connectivity index (χ3n) is 1.82. The molecule has 4 heteroatoms. The zero-order chi connectivity index (χ0) is 11.7. The maximum absolute atomic E-state index is 10.6. The van der Waals surface area contributed by atoms with Gasteiger partial charge in [0.15, 0.2) is 0 Å². The Morgan fingerprint density at radius 3 is 2.80 bits per heavy atom. The van der Waals surface area contributed by atoms with Crippen LogP contribution >= 0.6 is 0 Å². The Kier molecular flexibility index (Phi) is 7.58. The van der Waals surface area contributed by atoms with Gasteiger partial charge in [-0.15, -0.1) is 0 Å². The molecule has 15 heavy (non-hydrogen) atoms. The fraction of sp³-hybridized carbons (Fsp3) is 0.545. The van der Waals surface area contributed by atoms with Gasteiger partial charge < -0.3 is 15.6 Å². The van der Waals surface area contributed by atoms with Crippen LogP contribution in [0.25, 0.3) is 0 Å². The van der Waals surface area contributed by atoms with E-state index in [1.807, 2.05) is 6.92 Å². The molecule has 4 nitrogen and oxygen atoms in total. The molecule has 0 aliphatic carbocycles. The van der Waals surface area contributed by atoms with Gasteiger partial charge in [-0.1, -0.05) is 18.7 Å². The lowest BCUT2D eigenvalue weighted by Crippen LogP contribution is -2.12. The van der Waals surface area contributed by atoms with Gasteiger partial charge in [0.1, 0.15) is 0 Å². The van der Waals surface area contributed by atoms with Gasteiger partial charge in [0.05, 0.1) is 6.10 Å². The molecule has 0 aliphatic rings. The van der Waals surface area contributed by atoms with Crippen molar-refractivity contribution >= 4 is 5.91 Å². The van der Waals surface area contributed by atoms with Crippen molar-refractivity contribution in [3.63, 3.8) is 0 Å². The molecule has 0 saturated heterocycles. The Balaban J connectivity index is 3.68. The van der Waals surface area contributed by atoms with Gasteiger partial charge in [0.25, 0.3) is 0 Å². The molecule has 0 rings (SSSR count). The van der Waals surface area contributed by atoms with Crippen LogP contribution in [-0.4, -0.2) is 30.3 Å². The fourth-order valence-electron chi connectivity index (χ4n) is 0.872. The molecule has 0 fully saturated rings. The second-order valence-corrected chi connectivity index (χ2v) is 3.26. The highest BCUT2D eigenvalue weighted by Gasteiger charge is 1.99. The Bertz CT molecular complexity index is 236. The molecule has 0 aliphatic heterocycles. The number of nitrogens with two attached hydrogens (primary N) is 1. The van der Waals surface area contributed by atoms with Crippen LogP contribution < -0.4 is 5.73 Å². The predicted octanol–water partition coefficient (Wildman–Crippen LogP) is 0.762. The molecule has 0 spiro atoms. The van der Waals surface area contributed by atoms with Crippen molar-refractivity contribution in [3.8, 4) is 0 Å². The molecular weight excluding hydrogens is 194 g/mol. The quantitative estimate of drug-likeness (QED) is 0.355. The predicted molar refractivity (Wildman–Crippen MR) is 59.2 cm³/mol.